The van der Waals surface area contributed by atoms with Crippen LogP contribution in [0.2, 0.25) is 0 Å². The van der Waals surface area contributed by atoms with Crippen LogP contribution in [-0.2, 0) is 0 Å². The Balaban J connectivity index is 1.69. The fourth-order valence-corrected chi connectivity index (χ4v) is 5.69. The van der Waals surface area contributed by atoms with E-state index in [4.69, 9.17) is 11.5 Å². The van der Waals surface area contributed by atoms with Gasteiger partial charge in [0.1, 0.15) is 0 Å². The Kier molecular flexibility index (Phi) is 4.47. The molecule has 0 aromatic heterocycles. The van der Waals surface area contributed by atoms with Crippen LogP contribution in [0, 0.1) is 23.7 Å². The minimum Gasteiger partial charge on any atom is -0.324 e. The highest BCUT2D eigenvalue weighted by Gasteiger charge is 2.41. The molecule has 0 heterocycles. The maximum atomic E-state index is 6.34. The number of allylic oxidation sites excluding steroid dienone is 4. The second-order valence-electron chi connectivity index (χ2n) is 8.29. The lowest BCUT2D eigenvalue weighted by molar-refractivity contribution is 0.254. The fraction of sp³-hybridized carbons (Fsp3) is 0.714. The van der Waals surface area contributed by atoms with Crippen LogP contribution in [0.25, 0.3) is 0 Å². The third kappa shape index (κ3) is 3.08. The summed E-state index contributed by atoms with van der Waals surface area (Å²) >= 11 is 0. The Morgan fingerprint density at radius 2 is 1.83 bits per heavy atom. The maximum Gasteiger partial charge on any atom is 0.0226 e. The predicted molar refractivity (Wildman–Crippen MR) is 96.8 cm³/mol. The Morgan fingerprint density at radius 1 is 0.913 bits per heavy atom. The molecule has 0 aliphatic heterocycles. The fourth-order valence-electron chi connectivity index (χ4n) is 5.69. The summed E-state index contributed by atoms with van der Waals surface area (Å²) in [6.45, 7) is 0. The van der Waals surface area contributed by atoms with Gasteiger partial charge in [0.2, 0.25) is 0 Å². The van der Waals surface area contributed by atoms with Crippen molar-refractivity contribution in [3.8, 4) is 0 Å². The number of fused-ring (bicyclic) bond motifs is 3. The van der Waals surface area contributed by atoms with E-state index in [1.165, 1.54) is 51.4 Å². The highest BCUT2D eigenvalue weighted by atomic mass is 14.7. The summed E-state index contributed by atoms with van der Waals surface area (Å²) < 4.78 is 0. The monoisotopic (exact) mass is 312 g/mol. The molecule has 0 bridgehead atoms. The summed E-state index contributed by atoms with van der Waals surface area (Å²) in [5, 5.41) is 0. The first-order valence-corrected chi connectivity index (χ1v) is 9.82. The smallest absolute Gasteiger partial charge is 0.0226 e. The molecule has 0 saturated heterocycles. The van der Waals surface area contributed by atoms with Crippen LogP contribution in [-0.4, -0.2) is 12.1 Å². The van der Waals surface area contributed by atoms with Crippen molar-refractivity contribution in [3.63, 3.8) is 0 Å². The van der Waals surface area contributed by atoms with Gasteiger partial charge in [-0.2, -0.15) is 0 Å². The minimum atomic E-state index is 0.277. The van der Waals surface area contributed by atoms with Crippen molar-refractivity contribution >= 4 is 0 Å². The van der Waals surface area contributed by atoms with Crippen LogP contribution < -0.4 is 11.5 Å². The molecule has 23 heavy (non-hydrogen) atoms. The lowest BCUT2D eigenvalue weighted by Gasteiger charge is -2.38. The summed E-state index contributed by atoms with van der Waals surface area (Å²) in [6.07, 6.45) is 21.4. The van der Waals surface area contributed by atoms with Crippen molar-refractivity contribution in [1.82, 2.24) is 0 Å². The van der Waals surface area contributed by atoms with Gasteiger partial charge in [-0.15, -0.1) is 0 Å². The SMILES string of the molecule is NC1C=C2C(C3=CCCCC3)CCC3CC(N)C=CC3C2CC1. The van der Waals surface area contributed by atoms with Crippen LogP contribution in [0.1, 0.15) is 57.8 Å². The van der Waals surface area contributed by atoms with Crippen LogP contribution in [0.4, 0.5) is 0 Å². The van der Waals surface area contributed by atoms with Crippen LogP contribution >= 0.6 is 0 Å². The van der Waals surface area contributed by atoms with Crippen LogP contribution in [0.5, 0.6) is 0 Å². The van der Waals surface area contributed by atoms with Crippen molar-refractivity contribution in [2.75, 3.05) is 0 Å². The van der Waals surface area contributed by atoms with Gasteiger partial charge >= 0.3 is 0 Å². The topological polar surface area (TPSA) is 52.0 Å². The van der Waals surface area contributed by atoms with Gasteiger partial charge in [-0.3, -0.25) is 0 Å². The Labute approximate surface area is 141 Å². The number of hydrogen-bond donors (Lipinski definition) is 2. The van der Waals surface area contributed by atoms with Gasteiger partial charge in [-0.25, -0.2) is 0 Å². The predicted octanol–water partition coefficient (Wildman–Crippen LogP) is 4.08. The molecule has 0 aromatic rings. The molecule has 6 unspecified atom stereocenters. The first-order chi connectivity index (χ1) is 11.2. The van der Waals surface area contributed by atoms with Crippen LogP contribution in [0.3, 0.4) is 0 Å². The molecular formula is C21H32N2. The first-order valence-electron chi connectivity index (χ1n) is 9.82. The average Bonchev–Trinajstić information content (AvgIpc) is 2.72. The average molecular weight is 313 g/mol. The summed E-state index contributed by atoms with van der Waals surface area (Å²) in [5.41, 5.74) is 16.0. The minimum absolute atomic E-state index is 0.277. The van der Waals surface area contributed by atoms with E-state index in [1.807, 2.05) is 0 Å². The quantitative estimate of drug-likeness (QED) is 0.717. The molecule has 0 spiro atoms. The standard InChI is InChI=1S/C21H32N2/c22-16-7-10-19-15(12-16)6-9-18(14-4-2-1-3-5-14)21-13-17(23)8-11-20(19)21/h4,7,10,13,15-20H,1-3,5-6,8-9,11-12,22-23H2. The van der Waals surface area contributed by atoms with E-state index in [0.29, 0.717) is 11.8 Å². The van der Waals surface area contributed by atoms with E-state index < -0.39 is 0 Å². The summed E-state index contributed by atoms with van der Waals surface area (Å²) in [4.78, 5) is 0. The molecule has 1 saturated carbocycles. The van der Waals surface area contributed by atoms with Crippen molar-refractivity contribution in [2.45, 2.75) is 69.9 Å². The normalized spacial score (nSPS) is 43.7. The van der Waals surface area contributed by atoms with Gasteiger partial charge < -0.3 is 11.5 Å². The second kappa shape index (κ2) is 6.57. The highest BCUT2D eigenvalue weighted by molar-refractivity contribution is 5.31. The van der Waals surface area contributed by atoms with Crippen LogP contribution in [0.15, 0.2) is 35.5 Å². The first kappa shape index (κ1) is 15.7. The number of rotatable bonds is 1. The highest BCUT2D eigenvalue weighted by Crippen LogP contribution is 2.50. The van der Waals surface area contributed by atoms with Gasteiger partial charge in [0.05, 0.1) is 0 Å². The molecular weight excluding hydrogens is 280 g/mol. The second-order valence-corrected chi connectivity index (χ2v) is 8.29. The largest absolute Gasteiger partial charge is 0.324 e. The molecule has 0 aromatic carbocycles. The third-order valence-electron chi connectivity index (χ3n) is 6.81. The van der Waals surface area contributed by atoms with Crippen molar-refractivity contribution in [3.05, 3.63) is 35.5 Å². The molecule has 2 nitrogen and oxygen atoms in total. The van der Waals surface area contributed by atoms with Gasteiger partial charge in [-0.05, 0) is 75.5 Å². The summed E-state index contributed by atoms with van der Waals surface area (Å²) in [7, 11) is 0. The van der Waals surface area contributed by atoms with E-state index in [9.17, 15) is 0 Å². The molecule has 4 aliphatic rings. The maximum absolute atomic E-state index is 6.34. The van der Waals surface area contributed by atoms with E-state index in [-0.39, 0.29) is 12.1 Å². The molecule has 4 N–H and O–H groups in total. The lowest BCUT2D eigenvalue weighted by Crippen LogP contribution is -2.35. The summed E-state index contributed by atoms with van der Waals surface area (Å²) in [5.74, 6) is 2.90. The van der Waals surface area contributed by atoms with Gasteiger partial charge in [0.25, 0.3) is 0 Å². The Bertz CT molecular complexity index is 530. The zero-order valence-electron chi connectivity index (χ0n) is 14.3. The number of hydrogen-bond acceptors (Lipinski definition) is 2. The van der Waals surface area contributed by atoms with Gasteiger partial charge in [0.15, 0.2) is 0 Å². The van der Waals surface area contributed by atoms with Crippen molar-refractivity contribution < 1.29 is 0 Å². The summed E-state index contributed by atoms with van der Waals surface area (Å²) in [6, 6.07) is 0.555. The molecule has 1 fully saturated rings. The third-order valence-corrected chi connectivity index (χ3v) is 6.81. The van der Waals surface area contributed by atoms with Crippen molar-refractivity contribution in [2.24, 2.45) is 35.1 Å². The van der Waals surface area contributed by atoms with Gasteiger partial charge in [0, 0.05) is 18.0 Å². The molecule has 4 rings (SSSR count). The van der Waals surface area contributed by atoms with E-state index in [2.05, 4.69) is 24.3 Å². The Hall–Kier alpha value is -0.860. The molecule has 0 amide bonds. The zero-order chi connectivity index (χ0) is 15.8. The Morgan fingerprint density at radius 3 is 2.65 bits per heavy atom. The number of nitrogens with two attached hydrogens (primary N) is 2. The van der Waals surface area contributed by atoms with Crippen molar-refractivity contribution in [1.29, 1.82) is 0 Å². The van der Waals surface area contributed by atoms with E-state index in [0.717, 1.165) is 18.3 Å². The molecule has 126 valence electrons. The van der Waals surface area contributed by atoms with Gasteiger partial charge in [-0.1, -0.05) is 35.5 Å². The zero-order valence-corrected chi connectivity index (χ0v) is 14.3. The lowest BCUT2D eigenvalue weighted by atomic mass is 9.67. The molecule has 2 heteroatoms. The molecule has 4 aliphatic carbocycles. The molecule has 0 radical (unpaired) electrons. The molecule has 6 atom stereocenters. The van der Waals surface area contributed by atoms with E-state index >= 15 is 0 Å². The van der Waals surface area contributed by atoms with E-state index in [1.54, 1.807) is 11.1 Å².